The van der Waals surface area contributed by atoms with Crippen molar-refractivity contribution in [2.45, 2.75) is 19.0 Å². The number of urea groups is 1. The average Bonchev–Trinajstić information content (AvgIpc) is 2.84. The van der Waals surface area contributed by atoms with E-state index in [4.69, 9.17) is 22.1 Å². The summed E-state index contributed by atoms with van der Waals surface area (Å²) < 4.78 is 5.30. The lowest BCUT2D eigenvalue weighted by Gasteiger charge is -2.35. The van der Waals surface area contributed by atoms with Crippen LogP contribution >= 0.6 is 11.6 Å². The number of nitrogens with one attached hydrogen (secondary N) is 1. The zero-order valence-corrected chi connectivity index (χ0v) is 18.7. The second kappa shape index (κ2) is 9.79. The molecule has 4 rings (SSSR count). The highest BCUT2D eigenvalue weighted by molar-refractivity contribution is 6.30. The summed E-state index contributed by atoms with van der Waals surface area (Å²) in [5.74, 6) is 0.771. The monoisotopic (exact) mass is 447 g/mol. The smallest absolute Gasteiger partial charge is 0.318 e. The van der Waals surface area contributed by atoms with E-state index in [2.05, 4.69) is 11.4 Å². The lowest BCUT2D eigenvalue weighted by Crippen LogP contribution is -2.43. The SMILES string of the molecule is COc1ccc(C2C=C(c3cc(Cl)ccc3N)CCN2C(=O)NCc2ccccc2)cc1. The van der Waals surface area contributed by atoms with Gasteiger partial charge in [-0.05, 0) is 53.5 Å². The van der Waals surface area contributed by atoms with Crippen molar-refractivity contribution in [1.82, 2.24) is 10.2 Å². The second-order valence-electron chi connectivity index (χ2n) is 7.73. The first-order chi connectivity index (χ1) is 15.5. The average molecular weight is 448 g/mol. The quantitative estimate of drug-likeness (QED) is 0.495. The number of amides is 2. The number of hydrogen-bond donors (Lipinski definition) is 2. The molecule has 0 aliphatic carbocycles. The van der Waals surface area contributed by atoms with E-state index in [0.29, 0.717) is 30.2 Å². The molecule has 1 aliphatic rings. The highest BCUT2D eigenvalue weighted by Crippen LogP contribution is 2.37. The summed E-state index contributed by atoms with van der Waals surface area (Å²) >= 11 is 6.23. The lowest BCUT2D eigenvalue weighted by molar-refractivity contribution is 0.184. The fraction of sp³-hybridized carbons (Fsp3) is 0.192. The van der Waals surface area contributed by atoms with Crippen LogP contribution in [0.5, 0.6) is 5.75 Å². The third kappa shape index (κ3) is 4.89. The van der Waals surface area contributed by atoms with E-state index in [0.717, 1.165) is 28.0 Å². The number of nitrogens with zero attached hydrogens (tertiary/aromatic N) is 1. The van der Waals surface area contributed by atoms with E-state index >= 15 is 0 Å². The molecule has 6 heteroatoms. The number of methoxy groups -OCH3 is 1. The molecule has 1 heterocycles. The molecule has 3 aromatic rings. The van der Waals surface area contributed by atoms with Crippen LogP contribution in [0, 0.1) is 0 Å². The fourth-order valence-corrected chi connectivity index (χ4v) is 4.13. The van der Waals surface area contributed by atoms with Gasteiger partial charge < -0.3 is 20.7 Å². The number of anilines is 1. The van der Waals surface area contributed by atoms with Gasteiger partial charge in [0.15, 0.2) is 0 Å². The number of hydrogen-bond acceptors (Lipinski definition) is 3. The Kier molecular flexibility index (Phi) is 6.66. The van der Waals surface area contributed by atoms with E-state index in [-0.39, 0.29) is 12.1 Å². The Hall–Kier alpha value is -3.44. The van der Waals surface area contributed by atoms with Crippen molar-refractivity contribution >= 4 is 28.9 Å². The molecular formula is C26H26ClN3O2. The van der Waals surface area contributed by atoms with Gasteiger partial charge in [0.25, 0.3) is 0 Å². The molecule has 1 aliphatic heterocycles. The molecule has 0 fully saturated rings. The van der Waals surface area contributed by atoms with Gasteiger partial charge in [-0.25, -0.2) is 4.79 Å². The Bertz CT molecular complexity index is 1110. The van der Waals surface area contributed by atoms with Gasteiger partial charge in [-0.3, -0.25) is 0 Å². The number of rotatable bonds is 5. The Morgan fingerprint density at radius 3 is 2.59 bits per heavy atom. The van der Waals surface area contributed by atoms with Gasteiger partial charge in [-0.15, -0.1) is 0 Å². The fourth-order valence-electron chi connectivity index (χ4n) is 3.96. The van der Waals surface area contributed by atoms with Gasteiger partial charge in [-0.2, -0.15) is 0 Å². The summed E-state index contributed by atoms with van der Waals surface area (Å²) in [6.45, 7) is 1.04. The highest BCUT2D eigenvalue weighted by atomic mass is 35.5. The minimum atomic E-state index is -0.237. The molecule has 5 nitrogen and oxygen atoms in total. The topological polar surface area (TPSA) is 67.6 Å². The van der Waals surface area contributed by atoms with E-state index < -0.39 is 0 Å². The first-order valence-electron chi connectivity index (χ1n) is 10.5. The van der Waals surface area contributed by atoms with Gasteiger partial charge in [0.05, 0.1) is 13.2 Å². The zero-order chi connectivity index (χ0) is 22.5. The molecule has 0 saturated carbocycles. The maximum atomic E-state index is 13.2. The molecule has 0 saturated heterocycles. The van der Waals surface area contributed by atoms with E-state index in [1.165, 1.54) is 0 Å². The first-order valence-corrected chi connectivity index (χ1v) is 10.9. The van der Waals surface area contributed by atoms with Gasteiger partial charge >= 0.3 is 6.03 Å². The summed E-state index contributed by atoms with van der Waals surface area (Å²) in [7, 11) is 1.64. The standard InChI is InChI=1S/C26H26ClN3O2/c1-32-22-10-7-19(8-11-22)25-15-20(23-16-21(27)9-12-24(23)28)13-14-30(25)26(31)29-17-18-5-3-2-4-6-18/h2-12,15-16,25H,13-14,17,28H2,1H3,(H,29,31). The minimum Gasteiger partial charge on any atom is -0.497 e. The summed E-state index contributed by atoms with van der Waals surface area (Å²) in [4.78, 5) is 15.0. The van der Waals surface area contributed by atoms with Crippen LogP contribution in [0.4, 0.5) is 10.5 Å². The number of nitrogen functional groups attached to an aromatic ring is 1. The Morgan fingerprint density at radius 2 is 1.88 bits per heavy atom. The Balaban J connectivity index is 1.64. The number of carbonyl (C=O) groups excluding carboxylic acids is 1. The molecule has 32 heavy (non-hydrogen) atoms. The molecule has 0 bridgehead atoms. The van der Waals surface area contributed by atoms with Crippen LogP contribution in [-0.4, -0.2) is 24.6 Å². The van der Waals surface area contributed by atoms with Crippen LogP contribution in [0.15, 0.2) is 78.9 Å². The Labute approximate surface area is 193 Å². The molecule has 2 amide bonds. The predicted octanol–water partition coefficient (Wildman–Crippen LogP) is 5.67. The number of halogens is 1. The van der Waals surface area contributed by atoms with Crippen LogP contribution in [0.25, 0.3) is 5.57 Å². The Morgan fingerprint density at radius 1 is 1.12 bits per heavy atom. The summed E-state index contributed by atoms with van der Waals surface area (Å²) in [5, 5.41) is 3.69. The molecule has 1 unspecified atom stereocenters. The maximum absolute atomic E-state index is 13.2. The van der Waals surface area contributed by atoms with Crippen molar-refractivity contribution in [3.05, 3.63) is 101 Å². The minimum absolute atomic E-state index is 0.107. The maximum Gasteiger partial charge on any atom is 0.318 e. The molecule has 164 valence electrons. The summed E-state index contributed by atoms with van der Waals surface area (Å²) in [6.07, 6.45) is 2.80. The highest BCUT2D eigenvalue weighted by Gasteiger charge is 2.28. The molecule has 0 spiro atoms. The third-order valence-electron chi connectivity index (χ3n) is 5.68. The summed E-state index contributed by atoms with van der Waals surface area (Å²) in [5.41, 5.74) is 11.0. The largest absolute Gasteiger partial charge is 0.497 e. The first kappa shape index (κ1) is 21.8. The van der Waals surface area contributed by atoms with Crippen LogP contribution in [0.1, 0.15) is 29.2 Å². The van der Waals surface area contributed by atoms with Crippen molar-refractivity contribution in [3.63, 3.8) is 0 Å². The van der Waals surface area contributed by atoms with E-state index in [9.17, 15) is 4.79 Å². The van der Waals surface area contributed by atoms with Crippen molar-refractivity contribution in [2.24, 2.45) is 0 Å². The van der Waals surface area contributed by atoms with Crippen molar-refractivity contribution in [1.29, 1.82) is 0 Å². The number of benzene rings is 3. The zero-order valence-electron chi connectivity index (χ0n) is 17.9. The van der Waals surface area contributed by atoms with Crippen molar-refractivity contribution < 1.29 is 9.53 Å². The third-order valence-corrected chi connectivity index (χ3v) is 5.92. The predicted molar refractivity (Wildman–Crippen MR) is 130 cm³/mol. The van der Waals surface area contributed by atoms with Crippen molar-refractivity contribution in [3.8, 4) is 5.75 Å². The molecule has 0 aromatic heterocycles. The van der Waals surface area contributed by atoms with Gasteiger partial charge in [0.1, 0.15) is 5.75 Å². The van der Waals surface area contributed by atoms with E-state index in [1.807, 2.05) is 71.6 Å². The lowest BCUT2D eigenvalue weighted by atomic mass is 9.91. The molecule has 3 aromatic carbocycles. The summed E-state index contributed by atoms with van der Waals surface area (Å²) in [6, 6.07) is 22.8. The number of carbonyl (C=O) groups is 1. The van der Waals surface area contributed by atoms with Gasteiger partial charge in [-0.1, -0.05) is 60.1 Å². The van der Waals surface area contributed by atoms with Gasteiger partial charge in [0.2, 0.25) is 0 Å². The van der Waals surface area contributed by atoms with Crippen molar-refractivity contribution in [2.75, 3.05) is 19.4 Å². The number of ether oxygens (including phenoxy) is 1. The normalized spacial score (nSPS) is 15.8. The molecular weight excluding hydrogens is 422 g/mol. The second-order valence-corrected chi connectivity index (χ2v) is 8.17. The van der Waals surface area contributed by atoms with Crippen LogP contribution < -0.4 is 15.8 Å². The molecule has 0 radical (unpaired) electrons. The molecule has 1 atom stereocenters. The van der Waals surface area contributed by atoms with Crippen LogP contribution in [-0.2, 0) is 6.54 Å². The van der Waals surface area contributed by atoms with Crippen LogP contribution in [0.3, 0.4) is 0 Å². The van der Waals surface area contributed by atoms with Gasteiger partial charge in [0, 0.05) is 29.4 Å². The molecule has 3 N–H and O–H groups in total. The van der Waals surface area contributed by atoms with E-state index in [1.54, 1.807) is 13.2 Å². The number of nitrogens with two attached hydrogens (primary N) is 1. The van der Waals surface area contributed by atoms with Crippen LogP contribution in [0.2, 0.25) is 5.02 Å².